The summed E-state index contributed by atoms with van der Waals surface area (Å²) in [5.74, 6) is 0.326. The largest absolute Gasteiger partial charge is 0.327 e. The fraction of sp³-hybridized carbons (Fsp3) is 0.412. The second-order valence-corrected chi connectivity index (χ2v) is 5.93. The van der Waals surface area contributed by atoms with Crippen molar-refractivity contribution in [2.45, 2.75) is 38.1 Å². The van der Waals surface area contributed by atoms with Crippen LogP contribution in [0.4, 0.5) is 5.69 Å². The van der Waals surface area contributed by atoms with Crippen LogP contribution in [0, 0.1) is 5.92 Å². The van der Waals surface area contributed by atoms with E-state index < -0.39 is 0 Å². The highest BCUT2D eigenvalue weighted by atomic mass is 35.5. The number of carbonyl (C=O) groups is 1. The molecule has 1 saturated carbocycles. The van der Waals surface area contributed by atoms with E-state index in [4.69, 9.17) is 5.73 Å². The summed E-state index contributed by atoms with van der Waals surface area (Å²) in [6, 6.07) is 9.70. The van der Waals surface area contributed by atoms with Gasteiger partial charge in [0.05, 0.1) is 11.4 Å². The van der Waals surface area contributed by atoms with Crippen molar-refractivity contribution in [3.63, 3.8) is 0 Å². The third kappa shape index (κ3) is 4.33. The van der Waals surface area contributed by atoms with Gasteiger partial charge in [0, 0.05) is 24.9 Å². The number of anilines is 1. The summed E-state index contributed by atoms with van der Waals surface area (Å²) in [5, 5.41) is 7.24. The number of rotatable bonds is 4. The van der Waals surface area contributed by atoms with Gasteiger partial charge in [-0.1, -0.05) is 25.0 Å². The predicted octanol–water partition coefficient (Wildman–Crippen LogP) is 3.14. The number of carbonyl (C=O) groups excluding carboxylic acids is 1. The average molecular weight is 335 g/mol. The minimum Gasteiger partial charge on any atom is -0.327 e. The van der Waals surface area contributed by atoms with Gasteiger partial charge in [0.2, 0.25) is 5.91 Å². The highest BCUT2D eigenvalue weighted by Gasteiger charge is 2.24. The molecule has 5 nitrogen and oxygen atoms in total. The molecule has 3 N–H and O–H groups in total. The summed E-state index contributed by atoms with van der Waals surface area (Å²) in [5.41, 5.74) is 7.78. The van der Waals surface area contributed by atoms with Crippen LogP contribution in [-0.2, 0) is 4.79 Å². The Labute approximate surface area is 142 Å². The number of nitrogens with one attached hydrogen (secondary N) is 1. The van der Waals surface area contributed by atoms with E-state index in [1.54, 1.807) is 10.9 Å². The number of hydrogen-bond acceptors (Lipinski definition) is 3. The van der Waals surface area contributed by atoms with E-state index in [-0.39, 0.29) is 24.4 Å². The van der Waals surface area contributed by atoms with Crippen molar-refractivity contribution in [1.29, 1.82) is 0 Å². The highest BCUT2D eigenvalue weighted by Crippen LogP contribution is 2.26. The van der Waals surface area contributed by atoms with Crippen LogP contribution in [0.15, 0.2) is 42.7 Å². The van der Waals surface area contributed by atoms with Crippen LogP contribution >= 0.6 is 12.4 Å². The zero-order chi connectivity index (χ0) is 15.4. The monoisotopic (exact) mass is 334 g/mol. The standard InChI is InChI=1S/C17H22N4O.ClH/c18-14-7-2-1-6-13(14)12-17(22)20-15-8-3-4-9-16(15)21-11-5-10-19-21;/h3-5,8-11,13-14H,1-2,6-7,12,18H2,(H,20,22);1H. The number of amides is 1. The highest BCUT2D eigenvalue weighted by molar-refractivity contribution is 5.93. The first-order valence-electron chi connectivity index (χ1n) is 7.88. The molecule has 1 fully saturated rings. The zero-order valence-corrected chi connectivity index (χ0v) is 13.8. The predicted molar refractivity (Wildman–Crippen MR) is 94.0 cm³/mol. The summed E-state index contributed by atoms with van der Waals surface area (Å²) in [6.07, 6.45) is 8.52. The number of benzene rings is 1. The SMILES string of the molecule is Cl.NC1CCCCC1CC(=O)Nc1ccccc1-n1cccn1. The summed E-state index contributed by atoms with van der Waals surface area (Å²) >= 11 is 0. The van der Waals surface area contributed by atoms with Gasteiger partial charge >= 0.3 is 0 Å². The molecule has 3 rings (SSSR count). The molecular formula is C17H23ClN4O. The van der Waals surface area contributed by atoms with Gasteiger partial charge in [-0.25, -0.2) is 4.68 Å². The van der Waals surface area contributed by atoms with E-state index >= 15 is 0 Å². The fourth-order valence-corrected chi connectivity index (χ4v) is 3.12. The zero-order valence-electron chi connectivity index (χ0n) is 13.0. The smallest absolute Gasteiger partial charge is 0.224 e. The second-order valence-electron chi connectivity index (χ2n) is 5.93. The minimum absolute atomic E-state index is 0. The van der Waals surface area contributed by atoms with Crippen molar-refractivity contribution in [2.75, 3.05) is 5.32 Å². The Morgan fingerprint density at radius 2 is 2.04 bits per heavy atom. The van der Waals surface area contributed by atoms with E-state index in [0.717, 1.165) is 24.2 Å². The molecule has 1 aromatic carbocycles. The molecule has 0 bridgehead atoms. The Hall–Kier alpha value is -1.85. The number of aromatic nitrogens is 2. The number of nitrogens with two attached hydrogens (primary N) is 1. The van der Waals surface area contributed by atoms with Gasteiger partial charge in [-0.15, -0.1) is 12.4 Å². The van der Waals surface area contributed by atoms with Crippen LogP contribution in [-0.4, -0.2) is 21.7 Å². The molecule has 6 heteroatoms. The fourth-order valence-electron chi connectivity index (χ4n) is 3.12. The van der Waals surface area contributed by atoms with Crippen LogP contribution in [0.2, 0.25) is 0 Å². The quantitative estimate of drug-likeness (QED) is 0.902. The third-order valence-electron chi connectivity index (χ3n) is 4.34. The number of halogens is 1. The van der Waals surface area contributed by atoms with Gasteiger partial charge in [-0.3, -0.25) is 4.79 Å². The van der Waals surface area contributed by atoms with Crippen molar-refractivity contribution in [3.8, 4) is 5.69 Å². The molecule has 2 atom stereocenters. The molecule has 2 aromatic rings. The molecule has 124 valence electrons. The van der Waals surface area contributed by atoms with Crippen molar-refractivity contribution in [2.24, 2.45) is 11.7 Å². The van der Waals surface area contributed by atoms with E-state index in [9.17, 15) is 4.79 Å². The van der Waals surface area contributed by atoms with Crippen LogP contribution < -0.4 is 11.1 Å². The lowest BCUT2D eigenvalue weighted by Crippen LogP contribution is -2.35. The van der Waals surface area contributed by atoms with Crippen LogP contribution in [0.1, 0.15) is 32.1 Å². The maximum absolute atomic E-state index is 12.4. The number of para-hydroxylation sites is 2. The summed E-state index contributed by atoms with van der Waals surface area (Å²) in [7, 11) is 0. The minimum atomic E-state index is 0. The molecule has 1 amide bonds. The molecule has 1 aliphatic rings. The second kappa shape index (κ2) is 8.13. The van der Waals surface area contributed by atoms with E-state index in [2.05, 4.69) is 10.4 Å². The molecule has 0 aliphatic heterocycles. The van der Waals surface area contributed by atoms with E-state index in [0.29, 0.717) is 12.3 Å². The van der Waals surface area contributed by atoms with Crippen LogP contribution in [0.25, 0.3) is 5.69 Å². The van der Waals surface area contributed by atoms with Crippen molar-refractivity contribution in [1.82, 2.24) is 9.78 Å². The Balaban J connectivity index is 0.00000192. The van der Waals surface area contributed by atoms with Gasteiger partial charge in [0.15, 0.2) is 0 Å². The average Bonchev–Trinajstić information content (AvgIpc) is 3.04. The Morgan fingerprint density at radius 1 is 1.26 bits per heavy atom. The molecular weight excluding hydrogens is 312 g/mol. The first-order chi connectivity index (χ1) is 10.7. The first kappa shape index (κ1) is 17.5. The maximum atomic E-state index is 12.4. The maximum Gasteiger partial charge on any atom is 0.224 e. The molecule has 2 unspecified atom stereocenters. The molecule has 0 spiro atoms. The lowest BCUT2D eigenvalue weighted by Gasteiger charge is -2.28. The van der Waals surface area contributed by atoms with Gasteiger partial charge in [-0.2, -0.15) is 5.10 Å². The number of nitrogens with zero attached hydrogens (tertiary/aromatic N) is 2. The molecule has 23 heavy (non-hydrogen) atoms. The first-order valence-corrected chi connectivity index (χ1v) is 7.88. The lowest BCUT2D eigenvalue weighted by molar-refractivity contribution is -0.117. The summed E-state index contributed by atoms with van der Waals surface area (Å²) < 4.78 is 1.75. The van der Waals surface area contributed by atoms with Crippen molar-refractivity contribution < 1.29 is 4.79 Å². The van der Waals surface area contributed by atoms with Gasteiger partial charge < -0.3 is 11.1 Å². The van der Waals surface area contributed by atoms with Gasteiger partial charge in [0.1, 0.15) is 0 Å². The summed E-state index contributed by atoms with van der Waals surface area (Å²) in [6.45, 7) is 0. The van der Waals surface area contributed by atoms with Crippen molar-refractivity contribution in [3.05, 3.63) is 42.7 Å². The van der Waals surface area contributed by atoms with Crippen molar-refractivity contribution >= 4 is 24.0 Å². The molecule has 1 heterocycles. The molecule has 1 aliphatic carbocycles. The Kier molecular flexibility index (Phi) is 6.19. The van der Waals surface area contributed by atoms with E-state index in [1.165, 1.54) is 12.8 Å². The molecule has 1 aromatic heterocycles. The third-order valence-corrected chi connectivity index (χ3v) is 4.34. The topological polar surface area (TPSA) is 72.9 Å². The van der Waals surface area contributed by atoms with Crippen LogP contribution in [0.3, 0.4) is 0 Å². The Morgan fingerprint density at radius 3 is 2.78 bits per heavy atom. The van der Waals surface area contributed by atoms with Gasteiger partial charge in [0.25, 0.3) is 0 Å². The summed E-state index contributed by atoms with van der Waals surface area (Å²) in [4.78, 5) is 12.4. The van der Waals surface area contributed by atoms with Gasteiger partial charge in [-0.05, 0) is 37.0 Å². The number of hydrogen-bond donors (Lipinski definition) is 2. The molecule has 0 saturated heterocycles. The molecule has 0 radical (unpaired) electrons. The van der Waals surface area contributed by atoms with E-state index in [1.807, 2.05) is 36.5 Å². The van der Waals surface area contributed by atoms with Crippen LogP contribution in [0.5, 0.6) is 0 Å². The Bertz CT molecular complexity index is 629. The normalized spacial score (nSPS) is 20.6. The lowest BCUT2D eigenvalue weighted by atomic mass is 9.83.